The normalized spacial score (nSPS) is 10.8. The van der Waals surface area contributed by atoms with Gasteiger partial charge in [-0.3, -0.25) is 14.4 Å². The lowest BCUT2D eigenvalue weighted by atomic mass is 10.0. The molecule has 6 rings (SSSR count). The van der Waals surface area contributed by atoms with Crippen molar-refractivity contribution < 1.29 is 24.2 Å². The van der Waals surface area contributed by atoms with Gasteiger partial charge >= 0.3 is 5.97 Å². The number of aromatic nitrogens is 4. The number of carbonyl (C=O) groups excluding carboxylic acids is 1. The number of carboxylic acids is 1. The maximum Gasteiger partial charge on any atom is 0.337 e. The van der Waals surface area contributed by atoms with Gasteiger partial charge in [-0.1, -0.05) is 27.7 Å². The van der Waals surface area contributed by atoms with E-state index in [1.165, 1.54) is 0 Å². The van der Waals surface area contributed by atoms with Crippen molar-refractivity contribution in [3.63, 3.8) is 0 Å². The summed E-state index contributed by atoms with van der Waals surface area (Å²) in [5, 5.41) is 14.2. The van der Waals surface area contributed by atoms with Gasteiger partial charge in [-0.05, 0) is 98.2 Å². The summed E-state index contributed by atoms with van der Waals surface area (Å²) in [6, 6.07) is 11.0. The molecule has 0 aliphatic carbocycles. The van der Waals surface area contributed by atoms with E-state index in [2.05, 4.69) is 49.2 Å². The first-order chi connectivity index (χ1) is 26.8. The van der Waals surface area contributed by atoms with Crippen LogP contribution >= 0.6 is 12.4 Å². The summed E-state index contributed by atoms with van der Waals surface area (Å²) < 4.78 is 14.5. The molecule has 0 bridgehead atoms. The number of amides is 1. The minimum Gasteiger partial charge on any atom is -0.497 e. The second-order valence-corrected chi connectivity index (χ2v) is 14.9. The van der Waals surface area contributed by atoms with E-state index in [9.17, 15) is 24.3 Å². The number of fused-ring (bicyclic) bond motifs is 2. The predicted octanol–water partition coefficient (Wildman–Crippen LogP) is 7.43. The third-order valence-electron chi connectivity index (χ3n) is 9.97. The minimum atomic E-state index is -0.935. The van der Waals surface area contributed by atoms with Crippen molar-refractivity contribution in [2.75, 3.05) is 14.2 Å². The molecule has 13 nitrogen and oxygen atoms in total. The Morgan fingerprint density at radius 3 is 1.52 bits per heavy atom. The molecule has 0 aliphatic heterocycles. The second-order valence-electron chi connectivity index (χ2n) is 14.9. The van der Waals surface area contributed by atoms with Gasteiger partial charge in [0, 0.05) is 72.9 Å². The zero-order valence-electron chi connectivity index (χ0n) is 35.5. The number of aryl methyl sites for hydroxylation is 6. The summed E-state index contributed by atoms with van der Waals surface area (Å²) in [6.45, 7) is 16.4. The summed E-state index contributed by atoms with van der Waals surface area (Å²) in [6.07, 6.45) is 4.04. The molecule has 1 amide bonds. The molecule has 0 spiro atoms. The molecular weight excluding hydrogens is 760 g/mol. The number of rotatable bonds is 9. The molecular formula is C44H57ClN6O7. The maximum absolute atomic E-state index is 13.0. The molecule has 0 saturated carbocycles. The molecule has 312 valence electrons. The Kier molecular flexibility index (Phi) is 15.7. The fourth-order valence-corrected chi connectivity index (χ4v) is 7.09. The van der Waals surface area contributed by atoms with Crippen molar-refractivity contribution >= 4 is 46.1 Å². The van der Waals surface area contributed by atoms with Crippen LogP contribution in [-0.4, -0.2) is 50.3 Å². The lowest BCUT2D eigenvalue weighted by Crippen LogP contribution is -2.28. The van der Waals surface area contributed by atoms with Crippen LogP contribution in [-0.2, 0) is 27.2 Å². The van der Waals surface area contributed by atoms with Gasteiger partial charge in [-0.2, -0.15) is 0 Å². The molecule has 4 aromatic heterocycles. The number of aromatic carboxylic acids is 1. The number of H-pyrrole nitrogens is 2. The number of aromatic amines is 2. The van der Waals surface area contributed by atoms with E-state index in [1.54, 1.807) is 26.4 Å². The molecule has 0 aliphatic rings. The van der Waals surface area contributed by atoms with Gasteiger partial charge in [-0.15, -0.1) is 12.4 Å². The number of methoxy groups -OCH3 is 2. The Morgan fingerprint density at radius 2 is 1.14 bits per heavy atom. The van der Waals surface area contributed by atoms with Gasteiger partial charge < -0.3 is 44.7 Å². The quantitative estimate of drug-likeness (QED) is 0.0997. The number of benzene rings is 2. The van der Waals surface area contributed by atoms with Gasteiger partial charge in [0.05, 0.1) is 36.4 Å². The highest BCUT2D eigenvalue weighted by Gasteiger charge is 2.21. The number of carbonyl (C=O) groups is 2. The lowest BCUT2D eigenvalue weighted by Gasteiger charge is -2.12. The van der Waals surface area contributed by atoms with Crippen molar-refractivity contribution in [2.24, 2.45) is 19.8 Å². The molecule has 0 unspecified atom stereocenters. The van der Waals surface area contributed by atoms with E-state index >= 15 is 0 Å². The fourth-order valence-electron chi connectivity index (χ4n) is 7.09. The van der Waals surface area contributed by atoms with Crippen molar-refractivity contribution in [3.05, 3.63) is 125 Å². The van der Waals surface area contributed by atoms with Crippen LogP contribution in [0, 0.1) is 27.7 Å². The highest BCUT2D eigenvalue weighted by atomic mass is 35.5. The van der Waals surface area contributed by atoms with Crippen LogP contribution in [0.2, 0.25) is 0 Å². The van der Waals surface area contributed by atoms with Gasteiger partial charge in [0.2, 0.25) is 0 Å². The summed E-state index contributed by atoms with van der Waals surface area (Å²) in [5.74, 6) is 0.696. The van der Waals surface area contributed by atoms with Crippen LogP contribution in [0.15, 0.2) is 58.4 Å². The number of pyridine rings is 2. The van der Waals surface area contributed by atoms with E-state index in [0.29, 0.717) is 46.6 Å². The summed E-state index contributed by atoms with van der Waals surface area (Å²) in [5.41, 5.74) is 14.6. The number of nitrogens with one attached hydrogen (secondary N) is 3. The van der Waals surface area contributed by atoms with E-state index in [1.807, 2.05) is 81.4 Å². The van der Waals surface area contributed by atoms with Crippen molar-refractivity contribution in [1.82, 2.24) is 24.4 Å². The first-order valence-corrected chi connectivity index (χ1v) is 18.8. The molecule has 0 radical (unpaired) electrons. The highest BCUT2D eigenvalue weighted by Crippen LogP contribution is 2.34. The number of carboxylic acid groups (broad SMARTS) is 1. The molecule has 6 aromatic rings. The average molecular weight is 817 g/mol. The molecule has 58 heavy (non-hydrogen) atoms. The minimum absolute atomic E-state index is 0. The largest absolute Gasteiger partial charge is 0.497 e. The SMILES string of the molecule is COc1cc(C(=O)NCc2c(C)cc(C)[nH]c2=O)c2c(c1)c(C(C)C)cn2C.COc1cc(C(=O)O)c2c(c1)c(C(C)C)cn2C.Cc1cc(C)c(CN)c(=O)[nH]1.Cl. The average Bonchev–Trinajstić information content (AvgIpc) is 3.66. The Hall–Kier alpha value is -5.79. The Morgan fingerprint density at radius 1 is 0.724 bits per heavy atom. The molecule has 2 aromatic carbocycles. The van der Waals surface area contributed by atoms with E-state index in [4.69, 9.17) is 15.2 Å². The smallest absolute Gasteiger partial charge is 0.337 e. The van der Waals surface area contributed by atoms with Gasteiger partial charge in [0.15, 0.2) is 0 Å². The maximum atomic E-state index is 13.0. The highest BCUT2D eigenvalue weighted by molar-refractivity contribution is 6.08. The number of nitrogens with zero attached hydrogens (tertiary/aromatic N) is 2. The Bertz CT molecular complexity index is 2560. The second kappa shape index (κ2) is 19.6. The summed E-state index contributed by atoms with van der Waals surface area (Å²) in [4.78, 5) is 53.2. The van der Waals surface area contributed by atoms with Crippen LogP contribution < -0.4 is 31.6 Å². The number of nitrogens with two attached hydrogens (primary N) is 1. The molecule has 4 heterocycles. The van der Waals surface area contributed by atoms with Crippen LogP contribution in [0.1, 0.15) is 105 Å². The standard InChI is InChI=1S/C22H27N3O3.C14H17NO3.C8H12N2O.ClH/c1-12(2)19-11-25(5)20-16(19)8-15(28-6)9-17(20)21(26)23-10-18-13(3)7-14(4)24-22(18)27;1-8(2)12-7-15(3)13-10(12)5-9(18-4)6-11(13)14(16)17;1-5-3-6(2)10-8(11)7(5)4-9;/h7-9,11-12H,10H2,1-6H3,(H,23,26)(H,24,27);5-8H,1-4H3,(H,16,17);3H,4,9H2,1-2H3,(H,10,11);1H. The zero-order valence-corrected chi connectivity index (χ0v) is 36.3. The van der Waals surface area contributed by atoms with Crippen LogP contribution in [0.5, 0.6) is 11.5 Å². The third kappa shape index (κ3) is 10.2. The van der Waals surface area contributed by atoms with E-state index in [0.717, 1.165) is 55.4 Å². The number of ether oxygens (including phenoxy) is 2. The Labute approximate surface area is 345 Å². The Balaban J connectivity index is 0.000000256. The number of halogens is 1. The summed E-state index contributed by atoms with van der Waals surface area (Å²) >= 11 is 0. The van der Waals surface area contributed by atoms with E-state index in [-0.39, 0.29) is 41.5 Å². The van der Waals surface area contributed by atoms with Gasteiger partial charge in [0.25, 0.3) is 17.0 Å². The molecule has 0 atom stereocenters. The topological polar surface area (TPSA) is 186 Å². The van der Waals surface area contributed by atoms with E-state index < -0.39 is 5.97 Å². The third-order valence-corrected chi connectivity index (χ3v) is 9.97. The van der Waals surface area contributed by atoms with Gasteiger partial charge in [-0.25, -0.2) is 4.79 Å². The van der Waals surface area contributed by atoms with Gasteiger partial charge in [0.1, 0.15) is 11.5 Å². The first-order valence-electron chi connectivity index (χ1n) is 18.8. The van der Waals surface area contributed by atoms with Crippen LogP contribution in [0.3, 0.4) is 0 Å². The lowest BCUT2D eigenvalue weighted by molar-refractivity contribution is 0.0698. The molecule has 0 fully saturated rings. The van der Waals surface area contributed by atoms with Crippen LogP contribution in [0.4, 0.5) is 0 Å². The number of hydrogen-bond donors (Lipinski definition) is 5. The van der Waals surface area contributed by atoms with Crippen molar-refractivity contribution in [1.29, 1.82) is 0 Å². The summed E-state index contributed by atoms with van der Waals surface area (Å²) in [7, 11) is 6.94. The molecule has 14 heteroatoms. The predicted molar refractivity (Wildman–Crippen MR) is 233 cm³/mol. The molecule has 6 N–H and O–H groups in total. The monoisotopic (exact) mass is 816 g/mol. The fraction of sp³-hybridized carbons (Fsp3) is 0.364. The first kappa shape index (κ1) is 46.6. The van der Waals surface area contributed by atoms with Crippen LogP contribution in [0.25, 0.3) is 21.8 Å². The van der Waals surface area contributed by atoms with Crippen molar-refractivity contribution in [2.45, 2.75) is 80.3 Å². The number of hydrogen-bond acceptors (Lipinski definition) is 7. The molecule has 0 saturated heterocycles. The van der Waals surface area contributed by atoms with Crippen molar-refractivity contribution in [3.8, 4) is 11.5 Å². The zero-order chi connectivity index (χ0) is 42.5.